The molecule has 3 aliphatic rings. The average Bonchev–Trinajstić information content (AvgIpc) is 3.39. The van der Waals surface area contributed by atoms with Crippen molar-refractivity contribution in [2.24, 2.45) is 0 Å². The number of hydrogen-bond donors (Lipinski definition) is 2. The quantitative estimate of drug-likeness (QED) is 0.595. The molecule has 1 aromatic carbocycles. The topological polar surface area (TPSA) is 104 Å². The maximum absolute atomic E-state index is 15.1. The van der Waals surface area contributed by atoms with Gasteiger partial charge in [-0.25, -0.2) is 19.3 Å². The average molecular weight is 476 g/mol. The Bertz CT molecular complexity index is 1240. The molecular formula is C22H23ClFN5O4. The van der Waals surface area contributed by atoms with Gasteiger partial charge in [-0.2, -0.15) is 0 Å². The first-order valence-electron chi connectivity index (χ1n) is 11.0. The zero-order chi connectivity index (χ0) is 22.9. The molecule has 0 amide bonds. The van der Waals surface area contributed by atoms with Crippen molar-refractivity contribution >= 4 is 28.6 Å². The SMILES string of the molecule is CC1OCC(C)n2c1nc1c(F)cc(-c3nc(N[C@@H]4C[C@H]5CO[C@H](O5)[C@H]4O)ncc3Cl)cc12. The molecule has 2 bridgehead atoms. The summed E-state index contributed by atoms with van der Waals surface area (Å²) in [6.45, 7) is 4.89. The molecule has 11 heteroatoms. The molecule has 33 heavy (non-hydrogen) atoms. The molecule has 3 aliphatic heterocycles. The zero-order valence-corrected chi connectivity index (χ0v) is 18.8. The highest BCUT2D eigenvalue weighted by Crippen LogP contribution is 2.36. The minimum Gasteiger partial charge on any atom is -0.386 e. The summed E-state index contributed by atoms with van der Waals surface area (Å²) in [5, 5.41) is 13.9. The van der Waals surface area contributed by atoms with Gasteiger partial charge in [-0.1, -0.05) is 11.6 Å². The predicted octanol–water partition coefficient (Wildman–Crippen LogP) is 3.22. The van der Waals surface area contributed by atoms with Crippen molar-refractivity contribution in [3.8, 4) is 11.3 Å². The number of aliphatic hydroxyl groups excluding tert-OH is 1. The standard InChI is InChI=1S/C22H23ClFN5O4/c1-9-7-31-10(2)20-27-18-14(24)3-11(4-16(18)29(9)20)17-13(23)6-25-22(28-17)26-15-5-12-8-32-21(33-12)19(15)30/h3-4,6,9-10,12,15,19,21,30H,5,7-8H2,1-2H3,(H,25,26,28)/t9?,10?,12-,15+,19-,21+/m0/s1. The van der Waals surface area contributed by atoms with E-state index in [0.717, 1.165) is 0 Å². The van der Waals surface area contributed by atoms with E-state index in [0.29, 0.717) is 52.8 Å². The lowest BCUT2D eigenvalue weighted by Gasteiger charge is -2.32. The van der Waals surface area contributed by atoms with Gasteiger partial charge >= 0.3 is 0 Å². The van der Waals surface area contributed by atoms with Gasteiger partial charge in [0.25, 0.3) is 0 Å². The van der Waals surface area contributed by atoms with Gasteiger partial charge in [0.2, 0.25) is 5.95 Å². The second kappa shape index (κ2) is 7.85. The van der Waals surface area contributed by atoms with E-state index in [9.17, 15) is 5.11 Å². The third-order valence-electron chi connectivity index (χ3n) is 6.48. The number of halogens is 2. The van der Waals surface area contributed by atoms with Crippen LogP contribution in [0.2, 0.25) is 5.02 Å². The van der Waals surface area contributed by atoms with Gasteiger partial charge in [0, 0.05) is 5.56 Å². The van der Waals surface area contributed by atoms with Crippen LogP contribution < -0.4 is 5.32 Å². The van der Waals surface area contributed by atoms with E-state index in [-0.39, 0.29) is 30.2 Å². The maximum atomic E-state index is 15.1. The Labute approximate surface area is 193 Å². The summed E-state index contributed by atoms with van der Waals surface area (Å²) in [5.74, 6) is 0.522. The summed E-state index contributed by atoms with van der Waals surface area (Å²) in [6, 6.07) is 2.90. The van der Waals surface area contributed by atoms with E-state index in [4.69, 9.17) is 25.8 Å². The third kappa shape index (κ3) is 3.48. The molecule has 0 radical (unpaired) electrons. The molecule has 2 fully saturated rings. The van der Waals surface area contributed by atoms with Crippen LogP contribution in [0.1, 0.15) is 38.2 Å². The Morgan fingerprint density at radius 2 is 2.06 bits per heavy atom. The van der Waals surface area contributed by atoms with Crippen LogP contribution in [0.25, 0.3) is 22.3 Å². The van der Waals surface area contributed by atoms with E-state index in [1.165, 1.54) is 12.3 Å². The van der Waals surface area contributed by atoms with Crippen molar-refractivity contribution in [1.82, 2.24) is 19.5 Å². The van der Waals surface area contributed by atoms with E-state index < -0.39 is 18.2 Å². The largest absolute Gasteiger partial charge is 0.386 e. The monoisotopic (exact) mass is 475 g/mol. The summed E-state index contributed by atoms with van der Waals surface area (Å²) < 4.78 is 33.9. The lowest BCUT2D eigenvalue weighted by atomic mass is 10.0. The van der Waals surface area contributed by atoms with Crippen molar-refractivity contribution in [2.75, 3.05) is 18.5 Å². The molecule has 2 unspecified atom stereocenters. The van der Waals surface area contributed by atoms with Crippen LogP contribution in [0.5, 0.6) is 0 Å². The van der Waals surface area contributed by atoms with Gasteiger partial charge in [0.1, 0.15) is 23.5 Å². The van der Waals surface area contributed by atoms with Crippen LogP contribution in [-0.4, -0.2) is 62.4 Å². The summed E-state index contributed by atoms with van der Waals surface area (Å²) >= 11 is 6.42. The van der Waals surface area contributed by atoms with Gasteiger partial charge in [-0.15, -0.1) is 0 Å². The molecule has 0 saturated carbocycles. The Hall–Kier alpha value is -2.37. The van der Waals surface area contributed by atoms with E-state index >= 15 is 4.39 Å². The molecular weight excluding hydrogens is 453 g/mol. The van der Waals surface area contributed by atoms with Gasteiger partial charge in [-0.05, 0) is 32.4 Å². The summed E-state index contributed by atoms with van der Waals surface area (Å²) in [4.78, 5) is 13.3. The summed E-state index contributed by atoms with van der Waals surface area (Å²) in [7, 11) is 0. The van der Waals surface area contributed by atoms with E-state index in [1.54, 1.807) is 0 Å². The number of rotatable bonds is 3. The van der Waals surface area contributed by atoms with Crippen molar-refractivity contribution < 1.29 is 23.7 Å². The van der Waals surface area contributed by atoms with Crippen LogP contribution in [0.15, 0.2) is 18.3 Å². The van der Waals surface area contributed by atoms with Crippen molar-refractivity contribution in [3.63, 3.8) is 0 Å². The lowest BCUT2D eigenvalue weighted by Crippen LogP contribution is -2.48. The Balaban J connectivity index is 1.38. The molecule has 3 aromatic rings. The number of imidazole rings is 1. The van der Waals surface area contributed by atoms with Crippen molar-refractivity contribution in [1.29, 1.82) is 0 Å². The van der Waals surface area contributed by atoms with Crippen LogP contribution in [-0.2, 0) is 14.2 Å². The van der Waals surface area contributed by atoms with Gasteiger partial charge in [-0.3, -0.25) is 0 Å². The first-order valence-corrected chi connectivity index (χ1v) is 11.3. The van der Waals surface area contributed by atoms with Gasteiger partial charge in [0.15, 0.2) is 12.1 Å². The van der Waals surface area contributed by atoms with Crippen LogP contribution in [0.3, 0.4) is 0 Å². The van der Waals surface area contributed by atoms with Crippen molar-refractivity contribution in [3.05, 3.63) is 35.0 Å². The number of aromatic nitrogens is 4. The number of nitrogens with zero attached hydrogens (tertiary/aromatic N) is 4. The first-order chi connectivity index (χ1) is 15.9. The summed E-state index contributed by atoms with van der Waals surface area (Å²) in [6.07, 6.45) is 0.200. The first kappa shape index (κ1) is 21.2. The predicted molar refractivity (Wildman–Crippen MR) is 117 cm³/mol. The summed E-state index contributed by atoms with van der Waals surface area (Å²) in [5.41, 5.74) is 1.86. The molecule has 2 saturated heterocycles. The Morgan fingerprint density at radius 1 is 1.21 bits per heavy atom. The Kier molecular flexibility index (Phi) is 5.04. The number of fused-ring (bicyclic) bond motifs is 5. The molecule has 6 rings (SSSR count). The smallest absolute Gasteiger partial charge is 0.223 e. The number of aliphatic hydroxyl groups is 1. The normalized spacial score (nSPS) is 31.1. The minimum absolute atomic E-state index is 0.0153. The van der Waals surface area contributed by atoms with E-state index in [1.807, 2.05) is 24.5 Å². The highest BCUT2D eigenvalue weighted by Gasteiger charge is 2.43. The van der Waals surface area contributed by atoms with Gasteiger partial charge < -0.3 is 29.2 Å². The number of nitrogens with one attached hydrogen (secondary N) is 1. The van der Waals surface area contributed by atoms with Crippen molar-refractivity contribution in [2.45, 2.75) is 57.0 Å². The fourth-order valence-corrected chi connectivity index (χ4v) is 5.02. The third-order valence-corrected chi connectivity index (χ3v) is 6.76. The fourth-order valence-electron chi connectivity index (χ4n) is 4.82. The lowest BCUT2D eigenvalue weighted by molar-refractivity contribution is -0.156. The molecule has 0 spiro atoms. The Morgan fingerprint density at radius 3 is 2.91 bits per heavy atom. The number of ether oxygens (including phenoxy) is 3. The molecule has 2 N–H and O–H groups in total. The second-order valence-electron chi connectivity index (χ2n) is 8.82. The molecule has 5 heterocycles. The van der Waals surface area contributed by atoms with Crippen LogP contribution in [0, 0.1) is 5.82 Å². The molecule has 174 valence electrons. The maximum Gasteiger partial charge on any atom is 0.223 e. The second-order valence-corrected chi connectivity index (χ2v) is 9.22. The molecule has 2 aromatic heterocycles. The molecule has 0 aliphatic carbocycles. The number of hydrogen-bond acceptors (Lipinski definition) is 8. The van der Waals surface area contributed by atoms with Crippen LogP contribution >= 0.6 is 11.6 Å². The number of anilines is 1. The highest BCUT2D eigenvalue weighted by molar-refractivity contribution is 6.33. The van der Waals surface area contributed by atoms with Gasteiger partial charge in [0.05, 0.1) is 53.8 Å². The zero-order valence-electron chi connectivity index (χ0n) is 18.0. The molecule has 6 atom stereocenters. The highest BCUT2D eigenvalue weighted by atomic mass is 35.5. The molecule has 9 nitrogen and oxygen atoms in total. The van der Waals surface area contributed by atoms with E-state index in [2.05, 4.69) is 20.3 Å². The minimum atomic E-state index is -0.857. The fraction of sp³-hybridized carbons (Fsp3) is 0.500. The number of benzene rings is 1. The van der Waals surface area contributed by atoms with Crippen LogP contribution in [0.4, 0.5) is 10.3 Å².